The van der Waals surface area contributed by atoms with Gasteiger partial charge in [0.2, 0.25) is 0 Å². The van der Waals surface area contributed by atoms with Crippen LogP contribution in [-0.2, 0) is 12.8 Å². The van der Waals surface area contributed by atoms with E-state index >= 15 is 0 Å². The molecular weight excluding hydrogens is 230 g/mol. The molecule has 0 saturated carbocycles. The van der Waals surface area contributed by atoms with Gasteiger partial charge in [-0.2, -0.15) is 0 Å². The third-order valence-corrected chi connectivity index (χ3v) is 3.50. The van der Waals surface area contributed by atoms with Crippen molar-refractivity contribution in [1.82, 2.24) is 0 Å². The van der Waals surface area contributed by atoms with Crippen LogP contribution in [0.25, 0.3) is 10.8 Å². The van der Waals surface area contributed by atoms with Crippen molar-refractivity contribution in [2.45, 2.75) is 12.8 Å². The maximum atomic E-state index is 5.70. The number of fused-ring (bicyclic) bond motifs is 1. The number of nitrogen functional groups attached to an aromatic ring is 1. The first-order valence-corrected chi connectivity index (χ1v) is 6.63. The summed E-state index contributed by atoms with van der Waals surface area (Å²) in [7, 11) is 0. The first-order chi connectivity index (χ1) is 9.31. The molecule has 3 aromatic carbocycles. The molecule has 0 aliphatic rings. The number of benzene rings is 3. The Bertz CT molecular complexity index is 683. The molecule has 0 unspecified atom stereocenters. The Morgan fingerprint density at radius 1 is 0.632 bits per heavy atom. The fourth-order valence-electron chi connectivity index (χ4n) is 2.37. The lowest BCUT2D eigenvalue weighted by Crippen LogP contribution is -1.92. The lowest BCUT2D eigenvalue weighted by atomic mass is 10.0. The van der Waals surface area contributed by atoms with E-state index in [1.54, 1.807) is 0 Å². The topological polar surface area (TPSA) is 26.0 Å². The second-order valence-corrected chi connectivity index (χ2v) is 4.92. The van der Waals surface area contributed by atoms with Gasteiger partial charge in [-0.15, -0.1) is 0 Å². The molecule has 0 aromatic heterocycles. The van der Waals surface area contributed by atoms with Crippen molar-refractivity contribution in [1.29, 1.82) is 0 Å². The molecular formula is C18H17N. The zero-order chi connectivity index (χ0) is 13.1. The van der Waals surface area contributed by atoms with Crippen LogP contribution in [0.2, 0.25) is 0 Å². The van der Waals surface area contributed by atoms with Crippen molar-refractivity contribution in [3.8, 4) is 0 Å². The van der Waals surface area contributed by atoms with Crippen LogP contribution >= 0.6 is 0 Å². The summed E-state index contributed by atoms with van der Waals surface area (Å²) in [4.78, 5) is 0. The van der Waals surface area contributed by atoms with Crippen LogP contribution in [0.15, 0.2) is 66.7 Å². The number of hydrogen-bond acceptors (Lipinski definition) is 1. The Balaban J connectivity index is 1.76. The molecule has 1 heteroatoms. The quantitative estimate of drug-likeness (QED) is 0.689. The number of rotatable bonds is 3. The highest BCUT2D eigenvalue weighted by molar-refractivity contribution is 5.82. The average Bonchev–Trinajstić information content (AvgIpc) is 2.46. The third kappa shape index (κ3) is 2.76. The lowest BCUT2D eigenvalue weighted by molar-refractivity contribution is 0.963. The summed E-state index contributed by atoms with van der Waals surface area (Å²) in [6.45, 7) is 0. The van der Waals surface area contributed by atoms with E-state index < -0.39 is 0 Å². The Hall–Kier alpha value is -2.28. The van der Waals surface area contributed by atoms with Crippen molar-refractivity contribution >= 4 is 16.5 Å². The van der Waals surface area contributed by atoms with E-state index in [-0.39, 0.29) is 0 Å². The zero-order valence-electron chi connectivity index (χ0n) is 10.8. The summed E-state index contributed by atoms with van der Waals surface area (Å²) in [5.41, 5.74) is 9.24. The predicted molar refractivity (Wildman–Crippen MR) is 82.2 cm³/mol. The zero-order valence-corrected chi connectivity index (χ0v) is 10.8. The SMILES string of the molecule is Nc1ccc(CCc2ccc3ccccc3c2)cc1. The van der Waals surface area contributed by atoms with Crippen molar-refractivity contribution in [2.24, 2.45) is 0 Å². The summed E-state index contributed by atoms with van der Waals surface area (Å²) in [5, 5.41) is 2.62. The van der Waals surface area contributed by atoms with E-state index in [4.69, 9.17) is 5.73 Å². The molecule has 1 nitrogen and oxygen atoms in total. The standard InChI is InChI=1S/C18H17N/c19-18-11-8-14(9-12-18)5-6-15-7-10-16-3-1-2-4-17(16)13-15/h1-4,7-13H,5-6,19H2. The molecule has 0 aliphatic carbocycles. The van der Waals surface area contributed by atoms with Gasteiger partial charge in [0, 0.05) is 5.69 Å². The summed E-state index contributed by atoms with van der Waals surface area (Å²) in [5.74, 6) is 0. The van der Waals surface area contributed by atoms with Gasteiger partial charge in [0.25, 0.3) is 0 Å². The molecule has 0 saturated heterocycles. The third-order valence-electron chi connectivity index (χ3n) is 3.50. The molecule has 0 bridgehead atoms. The van der Waals surface area contributed by atoms with Crippen LogP contribution in [-0.4, -0.2) is 0 Å². The Morgan fingerprint density at radius 3 is 2.05 bits per heavy atom. The largest absolute Gasteiger partial charge is 0.399 e. The van der Waals surface area contributed by atoms with Crippen LogP contribution in [0.3, 0.4) is 0 Å². The molecule has 0 amide bonds. The highest BCUT2D eigenvalue weighted by atomic mass is 14.5. The maximum absolute atomic E-state index is 5.70. The van der Waals surface area contributed by atoms with Crippen LogP contribution in [0.4, 0.5) is 5.69 Å². The normalized spacial score (nSPS) is 10.7. The molecule has 0 spiro atoms. The molecule has 0 fully saturated rings. The van der Waals surface area contributed by atoms with Crippen LogP contribution in [0, 0.1) is 0 Å². The van der Waals surface area contributed by atoms with E-state index in [1.807, 2.05) is 12.1 Å². The maximum Gasteiger partial charge on any atom is 0.0314 e. The fourth-order valence-corrected chi connectivity index (χ4v) is 2.37. The minimum absolute atomic E-state index is 0.828. The number of anilines is 1. The average molecular weight is 247 g/mol. The van der Waals surface area contributed by atoms with Gasteiger partial charge in [0.05, 0.1) is 0 Å². The van der Waals surface area contributed by atoms with E-state index in [9.17, 15) is 0 Å². The molecule has 94 valence electrons. The Morgan fingerprint density at radius 2 is 1.26 bits per heavy atom. The molecule has 3 aromatic rings. The summed E-state index contributed by atoms with van der Waals surface area (Å²) in [6, 6.07) is 23.3. The van der Waals surface area contributed by atoms with E-state index in [2.05, 4.69) is 54.6 Å². The van der Waals surface area contributed by atoms with Gasteiger partial charge in [-0.05, 0) is 46.9 Å². The summed E-state index contributed by atoms with van der Waals surface area (Å²) >= 11 is 0. The minimum Gasteiger partial charge on any atom is -0.399 e. The molecule has 0 atom stereocenters. The Kier molecular flexibility index (Phi) is 3.20. The monoisotopic (exact) mass is 247 g/mol. The molecule has 2 N–H and O–H groups in total. The van der Waals surface area contributed by atoms with Crippen molar-refractivity contribution in [3.63, 3.8) is 0 Å². The van der Waals surface area contributed by atoms with Crippen LogP contribution in [0.1, 0.15) is 11.1 Å². The van der Waals surface area contributed by atoms with Gasteiger partial charge in [0.15, 0.2) is 0 Å². The number of hydrogen-bond donors (Lipinski definition) is 1. The second-order valence-electron chi connectivity index (χ2n) is 4.92. The smallest absolute Gasteiger partial charge is 0.0314 e. The molecule has 0 radical (unpaired) electrons. The van der Waals surface area contributed by atoms with Gasteiger partial charge in [-0.1, -0.05) is 54.6 Å². The first kappa shape index (κ1) is 11.8. The van der Waals surface area contributed by atoms with E-state index in [1.165, 1.54) is 21.9 Å². The fraction of sp³-hybridized carbons (Fsp3) is 0.111. The van der Waals surface area contributed by atoms with Crippen LogP contribution < -0.4 is 5.73 Å². The highest BCUT2D eigenvalue weighted by Gasteiger charge is 1.98. The lowest BCUT2D eigenvalue weighted by Gasteiger charge is -2.05. The molecule has 19 heavy (non-hydrogen) atoms. The van der Waals surface area contributed by atoms with Crippen molar-refractivity contribution < 1.29 is 0 Å². The number of aryl methyl sites for hydroxylation is 2. The summed E-state index contributed by atoms with van der Waals surface area (Å²) < 4.78 is 0. The van der Waals surface area contributed by atoms with Gasteiger partial charge in [-0.3, -0.25) is 0 Å². The minimum atomic E-state index is 0.828. The van der Waals surface area contributed by atoms with Gasteiger partial charge in [-0.25, -0.2) is 0 Å². The first-order valence-electron chi connectivity index (χ1n) is 6.63. The molecule has 0 heterocycles. The Labute approximate surface area is 113 Å². The van der Waals surface area contributed by atoms with Gasteiger partial charge >= 0.3 is 0 Å². The molecule has 3 rings (SSSR count). The van der Waals surface area contributed by atoms with E-state index in [0.717, 1.165) is 18.5 Å². The van der Waals surface area contributed by atoms with Crippen molar-refractivity contribution in [3.05, 3.63) is 77.9 Å². The number of nitrogens with two attached hydrogens (primary N) is 1. The van der Waals surface area contributed by atoms with Crippen LogP contribution in [0.5, 0.6) is 0 Å². The van der Waals surface area contributed by atoms with Gasteiger partial charge in [0.1, 0.15) is 0 Å². The van der Waals surface area contributed by atoms with E-state index in [0.29, 0.717) is 0 Å². The molecule has 0 aliphatic heterocycles. The highest BCUT2D eigenvalue weighted by Crippen LogP contribution is 2.17. The predicted octanol–water partition coefficient (Wildman–Crippen LogP) is 4.21. The van der Waals surface area contributed by atoms with Gasteiger partial charge < -0.3 is 5.73 Å². The van der Waals surface area contributed by atoms with Crippen molar-refractivity contribution in [2.75, 3.05) is 5.73 Å². The summed E-state index contributed by atoms with van der Waals surface area (Å²) in [6.07, 6.45) is 2.12. The second kappa shape index (κ2) is 5.15.